The quantitative estimate of drug-likeness (QED) is 0.855. The van der Waals surface area contributed by atoms with E-state index in [-0.39, 0.29) is 5.91 Å². The highest BCUT2D eigenvalue weighted by Gasteiger charge is 2.35. The van der Waals surface area contributed by atoms with E-state index in [0.717, 1.165) is 38.8 Å². The Bertz CT molecular complexity index is 448. The van der Waals surface area contributed by atoms with Crippen LogP contribution in [0.25, 0.3) is 0 Å². The molecule has 0 radical (unpaired) electrons. The van der Waals surface area contributed by atoms with Gasteiger partial charge in [0.15, 0.2) is 5.82 Å². The zero-order valence-electron chi connectivity index (χ0n) is 12.4. The van der Waals surface area contributed by atoms with E-state index in [4.69, 9.17) is 10.3 Å². The van der Waals surface area contributed by atoms with Crippen molar-refractivity contribution in [1.29, 1.82) is 0 Å². The summed E-state index contributed by atoms with van der Waals surface area (Å²) in [7, 11) is 0. The molecule has 1 saturated carbocycles. The first-order valence-electron chi connectivity index (χ1n) is 7.48. The number of rotatable bonds is 6. The normalized spacial score (nSPS) is 17.4. The van der Waals surface area contributed by atoms with Crippen LogP contribution in [0, 0.1) is 0 Å². The highest BCUT2D eigenvalue weighted by atomic mass is 16.5. The molecule has 1 amide bonds. The van der Waals surface area contributed by atoms with E-state index >= 15 is 0 Å². The number of nitrogens with two attached hydrogens (primary N) is 1. The van der Waals surface area contributed by atoms with Crippen molar-refractivity contribution < 1.29 is 9.32 Å². The summed E-state index contributed by atoms with van der Waals surface area (Å²) in [4.78, 5) is 18.1. The molecule has 2 N–H and O–H groups in total. The zero-order chi connectivity index (χ0) is 14.6. The molecule has 1 aliphatic rings. The Kier molecular flexibility index (Phi) is 4.75. The smallest absolute Gasteiger partial charge is 0.227 e. The van der Waals surface area contributed by atoms with Crippen molar-refractivity contribution in [2.45, 2.75) is 57.9 Å². The van der Waals surface area contributed by atoms with E-state index in [9.17, 15) is 4.79 Å². The van der Waals surface area contributed by atoms with Gasteiger partial charge in [-0.15, -0.1) is 0 Å². The van der Waals surface area contributed by atoms with Crippen molar-refractivity contribution in [3.05, 3.63) is 11.7 Å². The van der Waals surface area contributed by atoms with Crippen LogP contribution in [0.4, 0.5) is 0 Å². The van der Waals surface area contributed by atoms with Gasteiger partial charge in [-0.2, -0.15) is 4.98 Å². The number of aryl methyl sites for hydroxylation is 1. The van der Waals surface area contributed by atoms with E-state index in [1.165, 1.54) is 0 Å². The second kappa shape index (κ2) is 6.35. The van der Waals surface area contributed by atoms with Gasteiger partial charge in [-0.1, -0.05) is 18.0 Å². The van der Waals surface area contributed by atoms with Crippen molar-refractivity contribution in [3.63, 3.8) is 0 Å². The maximum Gasteiger partial charge on any atom is 0.227 e. The lowest BCUT2D eigenvalue weighted by atomic mass is 9.99. The molecule has 0 spiro atoms. The number of nitrogens with zero attached hydrogens (tertiary/aromatic N) is 3. The van der Waals surface area contributed by atoms with Crippen LogP contribution in [0.5, 0.6) is 0 Å². The standard InChI is InChI=1S/C14H24N4O2/c1-3-18(4-2)12(19)8-7-11-16-13(17-20-11)14(15)9-5-6-10-14/h3-10,15H2,1-2H3. The first-order chi connectivity index (χ1) is 9.59. The molecule has 2 rings (SSSR count). The minimum absolute atomic E-state index is 0.123. The molecule has 6 heteroatoms. The number of amides is 1. The number of carbonyl (C=O) groups excluding carboxylic acids is 1. The van der Waals surface area contributed by atoms with Crippen molar-refractivity contribution >= 4 is 5.91 Å². The van der Waals surface area contributed by atoms with Gasteiger partial charge in [-0.3, -0.25) is 4.79 Å². The predicted molar refractivity (Wildman–Crippen MR) is 74.9 cm³/mol. The van der Waals surface area contributed by atoms with E-state index in [0.29, 0.717) is 24.6 Å². The van der Waals surface area contributed by atoms with E-state index in [1.54, 1.807) is 4.90 Å². The topological polar surface area (TPSA) is 85.2 Å². The summed E-state index contributed by atoms with van der Waals surface area (Å²) in [5, 5.41) is 4.00. The molecule has 0 atom stereocenters. The molecule has 0 aliphatic heterocycles. The molecule has 20 heavy (non-hydrogen) atoms. The average Bonchev–Trinajstić information content (AvgIpc) is 3.07. The largest absolute Gasteiger partial charge is 0.343 e. The fraction of sp³-hybridized carbons (Fsp3) is 0.786. The monoisotopic (exact) mass is 280 g/mol. The third-order valence-electron chi connectivity index (χ3n) is 4.08. The Labute approximate surface area is 119 Å². The van der Waals surface area contributed by atoms with Crippen LogP contribution in [0.1, 0.15) is 57.7 Å². The maximum absolute atomic E-state index is 11.9. The van der Waals surface area contributed by atoms with Crippen molar-refractivity contribution in [3.8, 4) is 0 Å². The minimum atomic E-state index is -0.426. The Morgan fingerprint density at radius 1 is 1.35 bits per heavy atom. The van der Waals surface area contributed by atoms with Crippen LogP contribution < -0.4 is 5.73 Å². The molecule has 0 unspecified atom stereocenters. The Morgan fingerprint density at radius 3 is 2.60 bits per heavy atom. The molecular formula is C14H24N4O2. The van der Waals surface area contributed by atoms with Gasteiger partial charge in [-0.05, 0) is 26.7 Å². The molecule has 1 fully saturated rings. The highest BCUT2D eigenvalue weighted by Crippen LogP contribution is 2.34. The van der Waals surface area contributed by atoms with E-state index < -0.39 is 5.54 Å². The van der Waals surface area contributed by atoms with Gasteiger partial charge in [0.1, 0.15) is 0 Å². The zero-order valence-corrected chi connectivity index (χ0v) is 12.4. The minimum Gasteiger partial charge on any atom is -0.343 e. The lowest BCUT2D eigenvalue weighted by Gasteiger charge is -2.18. The summed E-state index contributed by atoms with van der Waals surface area (Å²) >= 11 is 0. The molecule has 1 aromatic heterocycles. The van der Waals surface area contributed by atoms with Gasteiger partial charge in [0.05, 0.1) is 5.54 Å². The van der Waals surface area contributed by atoms with Gasteiger partial charge in [0, 0.05) is 25.9 Å². The van der Waals surface area contributed by atoms with Crippen LogP contribution >= 0.6 is 0 Å². The molecule has 1 heterocycles. The summed E-state index contributed by atoms with van der Waals surface area (Å²) < 4.78 is 5.23. The molecule has 0 saturated heterocycles. The number of carbonyl (C=O) groups is 1. The lowest BCUT2D eigenvalue weighted by Crippen LogP contribution is -2.34. The lowest BCUT2D eigenvalue weighted by molar-refractivity contribution is -0.130. The fourth-order valence-electron chi connectivity index (χ4n) is 2.74. The van der Waals surface area contributed by atoms with Gasteiger partial charge in [0.25, 0.3) is 0 Å². The maximum atomic E-state index is 11.9. The summed E-state index contributed by atoms with van der Waals surface area (Å²) in [5.41, 5.74) is 5.85. The molecule has 112 valence electrons. The SMILES string of the molecule is CCN(CC)C(=O)CCc1nc(C2(N)CCCC2)no1. The van der Waals surface area contributed by atoms with Crippen molar-refractivity contribution in [1.82, 2.24) is 15.0 Å². The summed E-state index contributed by atoms with van der Waals surface area (Å²) in [6.07, 6.45) is 4.93. The molecule has 6 nitrogen and oxygen atoms in total. The van der Waals surface area contributed by atoms with Crippen molar-refractivity contribution in [2.24, 2.45) is 5.73 Å². The summed E-state index contributed by atoms with van der Waals surface area (Å²) in [6, 6.07) is 0. The third kappa shape index (κ3) is 3.17. The predicted octanol–water partition coefficient (Wildman–Crippen LogP) is 1.60. The fourth-order valence-corrected chi connectivity index (χ4v) is 2.74. The van der Waals surface area contributed by atoms with Crippen LogP contribution in [0.15, 0.2) is 4.52 Å². The van der Waals surface area contributed by atoms with Gasteiger partial charge in [-0.25, -0.2) is 0 Å². The molecule has 1 aromatic rings. The van der Waals surface area contributed by atoms with Gasteiger partial charge < -0.3 is 15.2 Å². The molecule has 0 bridgehead atoms. The van der Waals surface area contributed by atoms with Crippen LogP contribution in [0.3, 0.4) is 0 Å². The second-order valence-corrected chi connectivity index (χ2v) is 5.44. The second-order valence-electron chi connectivity index (χ2n) is 5.44. The summed E-state index contributed by atoms with van der Waals surface area (Å²) in [5.74, 6) is 1.23. The van der Waals surface area contributed by atoms with Crippen molar-refractivity contribution in [2.75, 3.05) is 13.1 Å². The molecule has 1 aliphatic carbocycles. The van der Waals surface area contributed by atoms with E-state index in [2.05, 4.69) is 10.1 Å². The van der Waals surface area contributed by atoms with Gasteiger partial charge >= 0.3 is 0 Å². The Hall–Kier alpha value is -1.43. The molecular weight excluding hydrogens is 256 g/mol. The first-order valence-corrected chi connectivity index (χ1v) is 7.48. The average molecular weight is 280 g/mol. The third-order valence-corrected chi connectivity index (χ3v) is 4.08. The molecule has 0 aromatic carbocycles. The van der Waals surface area contributed by atoms with Crippen LogP contribution in [-0.2, 0) is 16.8 Å². The highest BCUT2D eigenvalue weighted by molar-refractivity contribution is 5.76. The van der Waals surface area contributed by atoms with Gasteiger partial charge in [0.2, 0.25) is 11.8 Å². The van der Waals surface area contributed by atoms with Crippen LogP contribution in [0.2, 0.25) is 0 Å². The van der Waals surface area contributed by atoms with E-state index in [1.807, 2.05) is 13.8 Å². The Balaban J connectivity index is 1.91. The number of hydrogen-bond donors (Lipinski definition) is 1. The first kappa shape index (κ1) is 15.0. The Morgan fingerprint density at radius 2 is 2.00 bits per heavy atom. The number of aromatic nitrogens is 2. The summed E-state index contributed by atoms with van der Waals surface area (Å²) in [6.45, 7) is 5.42. The van der Waals surface area contributed by atoms with Crippen LogP contribution in [-0.4, -0.2) is 34.0 Å². The number of hydrogen-bond acceptors (Lipinski definition) is 5.